The molecule has 0 unspecified atom stereocenters. The number of aromatic amines is 1. The van der Waals surface area contributed by atoms with Crippen LogP contribution in [0.2, 0.25) is 0 Å². The Morgan fingerprint density at radius 1 is 1.12 bits per heavy atom. The Labute approximate surface area is 99.5 Å². The third-order valence-corrected chi connectivity index (χ3v) is 3.18. The number of hydrogen-bond donors (Lipinski definition) is 2. The predicted octanol–water partition coefficient (Wildman–Crippen LogP) is 1.69. The van der Waals surface area contributed by atoms with E-state index in [1.165, 1.54) is 5.56 Å². The van der Waals surface area contributed by atoms with Crippen LogP contribution in [0.5, 0.6) is 0 Å². The van der Waals surface area contributed by atoms with Gasteiger partial charge in [-0.15, -0.1) is 0 Å². The number of benzene rings is 1. The Bertz CT molecular complexity index is 587. The van der Waals surface area contributed by atoms with E-state index < -0.39 is 0 Å². The molecule has 0 radical (unpaired) electrons. The SMILES string of the molecule is O=c1cc(-c2ccccc2)c2c([nH]1)CCNC2. The predicted molar refractivity (Wildman–Crippen MR) is 67.9 cm³/mol. The summed E-state index contributed by atoms with van der Waals surface area (Å²) in [6.45, 7) is 1.76. The molecule has 0 spiro atoms. The van der Waals surface area contributed by atoms with E-state index in [-0.39, 0.29) is 5.56 Å². The highest BCUT2D eigenvalue weighted by Crippen LogP contribution is 2.25. The zero-order valence-electron chi connectivity index (χ0n) is 9.49. The molecule has 0 fully saturated rings. The van der Waals surface area contributed by atoms with E-state index in [4.69, 9.17) is 0 Å². The number of hydrogen-bond acceptors (Lipinski definition) is 2. The first-order valence-corrected chi connectivity index (χ1v) is 5.86. The molecule has 1 aliphatic rings. The second kappa shape index (κ2) is 4.18. The summed E-state index contributed by atoms with van der Waals surface area (Å²) in [7, 11) is 0. The fraction of sp³-hybridized carbons (Fsp3) is 0.214. The van der Waals surface area contributed by atoms with Crippen molar-refractivity contribution in [3.05, 3.63) is 58.0 Å². The van der Waals surface area contributed by atoms with Crippen LogP contribution in [0.3, 0.4) is 0 Å². The van der Waals surface area contributed by atoms with Crippen LogP contribution in [0.4, 0.5) is 0 Å². The van der Waals surface area contributed by atoms with Crippen LogP contribution < -0.4 is 10.9 Å². The van der Waals surface area contributed by atoms with Crippen LogP contribution >= 0.6 is 0 Å². The van der Waals surface area contributed by atoms with E-state index in [1.807, 2.05) is 30.3 Å². The van der Waals surface area contributed by atoms with Gasteiger partial charge in [-0.3, -0.25) is 4.79 Å². The van der Waals surface area contributed by atoms with Crippen molar-refractivity contribution >= 4 is 0 Å². The van der Waals surface area contributed by atoms with Gasteiger partial charge in [-0.1, -0.05) is 30.3 Å². The Morgan fingerprint density at radius 3 is 2.76 bits per heavy atom. The van der Waals surface area contributed by atoms with Crippen molar-refractivity contribution in [2.75, 3.05) is 6.54 Å². The number of rotatable bonds is 1. The first kappa shape index (κ1) is 10.3. The lowest BCUT2D eigenvalue weighted by Crippen LogP contribution is -2.27. The minimum absolute atomic E-state index is 0.00972. The minimum atomic E-state index is -0.00972. The van der Waals surface area contributed by atoms with Gasteiger partial charge in [0, 0.05) is 31.3 Å². The van der Waals surface area contributed by atoms with Crippen LogP contribution in [0.25, 0.3) is 11.1 Å². The number of aromatic nitrogens is 1. The molecule has 17 heavy (non-hydrogen) atoms. The van der Waals surface area contributed by atoms with Gasteiger partial charge in [0.25, 0.3) is 0 Å². The summed E-state index contributed by atoms with van der Waals surface area (Å²) >= 11 is 0. The molecule has 0 amide bonds. The Balaban J connectivity index is 2.22. The fourth-order valence-electron chi connectivity index (χ4n) is 2.36. The zero-order valence-corrected chi connectivity index (χ0v) is 9.49. The van der Waals surface area contributed by atoms with Gasteiger partial charge in [-0.05, 0) is 16.7 Å². The van der Waals surface area contributed by atoms with Crippen molar-refractivity contribution in [3.63, 3.8) is 0 Å². The van der Waals surface area contributed by atoms with Gasteiger partial charge in [0.05, 0.1) is 0 Å². The molecule has 0 aliphatic carbocycles. The normalized spacial score (nSPS) is 14.4. The monoisotopic (exact) mass is 226 g/mol. The molecular weight excluding hydrogens is 212 g/mol. The second-order valence-corrected chi connectivity index (χ2v) is 4.30. The average molecular weight is 226 g/mol. The van der Waals surface area contributed by atoms with E-state index in [0.717, 1.165) is 36.3 Å². The topological polar surface area (TPSA) is 44.9 Å². The highest BCUT2D eigenvalue weighted by molar-refractivity contribution is 5.68. The number of pyridine rings is 1. The maximum Gasteiger partial charge on any atom is 0.248 e. The summed E-state index contributed by atoms with van der Waals surface area (Å²) in [5.41, 5.74) is 4.46. The molecule has 86 valence electrons. The van der Waals surface area contributed by atoms with Crippen molar-refractivity contribution in [1.82, 2.24) is 10.3 Å². The van der Waals surface area contributed by atoms with E-state index >= 15 is 0 Å². The van der Waals surface area contributed by atoms with E-state index in [9.17, 15) is 4.79 Å². The standard InChI is InChI=1S/C14H14N2O/c17-14-8-11(10-4-2-1-3-5-10)12-9-15-7-6-13(12)16-14/h1-5,8,15H,6-7,9H2,(H,16,17). The lowest BCUT2D eigenvalue weighted by Gasteiger charge is -2.19. The van der Waals surface area contributed by atoms with Crippen LogP contribution in [-0.4, -0.2) is 11.5 Å². The Hall–Kier alpha value is -1.87. The van der Waals surface area contributed by atoms with Crippen molar-refractivity contribution in [3.8, 4) is 11.1 Å². The van der Waals surface area contributed by atoms with Gasteiger partial charge in [0.1, 0.15) is 0 Å². The van der Waals surface area contributed by atoms with Crippen LogP contribution in [-0.2, 0) is 13.0 Å². The summed E-state index contributed by atoms with van der Waals surface area (Å²) < 4.78 is 0. The lowest BCUT2D eigenvalue weighted by atomic mass is 9.96. The van der Waals surface area contributed by atoms with Crippen molar-refractivity contribution < 1.29 is 0 Å². The fourth-order valence-corrected chi connectivity index (χ4v) is 2.36. The Kier molecular flexibility index (Phi) is 2.53. The van der Waals surface area contributed by atoms with Gasteiger partial charge < -0.3 is 10.3 Å². The van der Waals surface area contributed by atoms with Crippen LogP contribution in [0, 0.1) is 0 Å². The third kappa shape index (κ3) is 1.89. The van der Waals surface area contributed by atoms with Gasteiger partial charge in [-0.25, -0.2) is 0 Å². The summed E-state index contributed by atoms with van der Waals surface area (Å²) in [5.74, 6) is 0. The molecule has 0 bridgehead atoms. The van der Waals surface area contributed by atoms with Gasteiger partial charge in [-0.2, -0.15) is 0 Å². The molecule has 0 saturated heterocycles. The second-order valence-electron chi connectivity index (χ2n) is 4.30. The van der Waals surface area contributed by atoms with Crippen molar-refractivity contribution in [2.24, 2.45) is 0 Å². The Morgan fingerprint density at radius 2 is 1.94 bits per heavy atom. The molecular formula is C14H14N2O. The quantitative estimate of drug-likeness (QED) is 0.777. The first-order valence-electron chi connectivity index (χ1n) is 5.86. The maximum atomic E-state index is 11.7. The minimum Gasteiger partial charge on any atom is -0.326 e. The van der Waals surface area contributed by atoms with Crippen molar-refractivity contribution in [1.29, 1.82) is 0 Å². The summed E-state index contributed by atoms with van der Waals surface area (Å²) in [4.78, 5) is 14.6. The highest BCUT2D eigenvalue weighted by atomic mass is 16.1. The molecule has 2 N–H and O–H groups in total. The lowest BCUT2D eigenvalue weighted by molar-refractivity contribution is 0.630. The number of H-pyrrole nitrogens is 1. The summed E-state index contributed by atoms with van der Waals surface area (Å²) in [6, 6.07) is 11.8. The highest BCUT2D eigenvalue weighted by Gasteiger charge is 2.15. The molecule has 3 heteroatoms. The molecule has 1 aliphatic heterocycles. The number of fused-ring (bicyclic) bond motifs is 1. The zero-order chi connectivity index (χ0) is 11.7. The van der Waals surface area contributed by atoms with Gasteiger partial charge in [0.15, 0.2) is 0 Å². The third-order valence-electron chi connectivity index (χ3n) is 3.18. The number of nitrogens with one attached hydrogen (secondary N) is 2. The molecule has 2 heterocycles. The first-order chi connectivity index (χ1) is 8.34. The molecule has 1 aromatic heterocycles. The van der Waals surface area contributed by atoms with Crippen LogP contribution in [0.1, 0.15) is 11.3 Å². The van der Waals surface area contributed by atoms with Gasteiger partial charge in [0.2, 0.25) is 5.56 Å². The molecule has 0 atom stereocenters. The molecule has 3 rings (SSSR count). The smallest absolute Gasteiger partial charge is 0.248 e. The molecule has 3 nitrogen and oxygen atoms in total. The maximum absolute atomic E-state index is 11.7. The molecule has 0 saturated carbocycles. The summed E-state index contributed by atoms with van der Waals surface area (Å²) in [5, 5.41) is 3.35. The van der Waals surface area contributed by atoms with Gasteiger partial charge >= 0.3 is 0 Å². The van der Waals surface area contributed by atoms with E-state index in [1.54, 1.807) is 6.07 Å². The molecule has 1 aromatic carbocycles. The van der Waals surface area contributed by atoms with E-state index in [2.05, 4.69) is 10.3 Å². The average Bonchev–Trinajstić information content (AvgIpc) is 2.39. The van der Waals surface area contributed by atoms with Crippen LogP contribution in [0.15, 0.2) is 41.2 Å². The van der Waals surface area contributed by atoms with Crippen molar-refractivity contribution in [2.45, 2.75) is 13.0 Å². The molecule has 2 aromatic rings. The van der Waals surface area contributed by atoms with E-state index in [0.29, 0.717) is 0 Å². The largest absolute Gasteiger partial charge is 0.326 e. The summed E-state index contributed by atoms with van der Waals surface area (Å²) in [6.07, 6.45) is 0.894.